The van der Waals surface area contributed by atoms with Crippen LogP contribution >= 0.6 is 0 Å². The first-order chi connectivity index (χ1) is 7.96. The molecule has 2 N–H and O–H groups in total. The standard InChI is InChI=1S/C11H11NO4S/c13-11(14)12-10-3-1-8(2-4-10)9-5-6-17(15,16)7-9/h1-5,12H,6-7H2,(H,13,14). The SMILES string of the molecule is O=C(O)Nc1ccc(C2=CCS(=O)(=O)C2)cc1. The van der Waals surface area contributed by atoms with Gasteiger partial charge < -0.3 is 5.11 Å². The largest absolute Gasteiger partial charge is 0.465 e. The van der Waals surface area contributed by atoms with Crippen molar-refractivity contribution in [2.75, 3.05) is 16.8 Å². The van der Waals surface area contributed by atoms with Crippen molar-refractivity contribution in [2.24, 2.45) is 0 Å². The zero-order valence-corrected chi connectivity index (χ0v) is 9.70. The molecule has 0 saturated carbocycles. The lowest BCUT2D eigenvalue weighted by Gasteiger charge is -2.04. The van der Waals surface area contributed by atoms with E-state index in [1.165, 1.54) is 0 Å². The normalized spacial score (nSPS) is 17.5. The summed E-state index contributed by atoms with van der Waals surface area (Å²) in [6.45, 7) is 0. The monoisotopic (exact) mass is 253 g/mol. The second kappa shape index (κ2) is 4.21. The number of benzene rings is 1. The van der Waals surface area contributed by atoms with Gasteiger partial charge in [-0.3, -0.25) is 5.32 Å². The van der Waals surface area contributed by atoms with E-state index < -0.39 is 15.9 Å². The van der Waals surface area contributed by atoms with Crippen LogP contribution in [-0.2, 0) is 9.84 Å². The summed E-state index contributed by atoms with van der Waals surface area (Å²) >= 11 is 0. The Labute approximate surface area is 98.7 Å². The van der Waals surface area contributed by atoms with E-state index >= 15 is 0 Å². The molecule has 0 unspecified atom stereocenters. The van der Waals surface area contributed by atoms with Gasteiger partial charge >= 0.3 is 6.09 Å². The Morgan fingerprint density at radius 1 is 1.24 bits per heavy atom. The van der Waals surface area contributed by atoms with E-state index in [9.17, 15) is 13.2 Å². The minimum atomic E-state index is -2.98. The van der Waals surface area contributed by atoms with Crippen molar-refractivity contribution in [1.29, 1.82) is 0 Å². The average molecular weight is 253 g/mol. The number of hydrogen-bond acceptors (Lipinski definition) is 3. The first-order valence-corrected chi connectivity index (χ1v) is 6.78. The van der Waals surface area contributed by atoms with Gasteiger partial charge in [0.2, 0.25) is 0 Å². The zero-order chi connectivity index (χ0) is 12.5. The topological polar surface area (TPSA) is 83.5 Å². The molecule has 1 aromatic rings. The number of rotatable bonds is 2. The Balaban J connectivity index is 2.17. The maximum atomic E-state index is 11.3. The third kappa shape index (κ3) is 2.85. The second-order valence-electron chi connectivity index (χ2n) is 3.79. The molecule has 1 aliphatic heterocycles. The fraction of sp³-hybridized carbons (Fsp3) is 0.182. The Morgan fingerprint density at radius 2 is 1.88 bits per heavy atom. The number of anilines is 1. The highest BCUT2D eigenvalue weighted by Gasteiger charge is 2.20. The van der Waals surface area contributed by atoms with E-state index in [0.29, 0.717) is 5.69 Å². The van der Waals surface area contributed by atoms with Crippen molar-refractivity contribution in [1.82, 2.24) is 0 Å². The van der Waals surface area contributed by atoms with Crippen molar-refractivity contribution in [2.45, 2.75) is 0 Å². The van der Waals surface area contributed by atoms with Gasteiger partial charge in [0.15, 0.2) is 9.84 Å². The van der Waals surface area contributed by atoms with Gasteiger partial charge in [0.05, 0.1) is 11.5 Å². The highest BCUT2D eigenvalue weighted by Crippen LogP contribution is 2.23. The second-order valence-corrected chi connectivity index (χ2v) is 5.90. The predicted octanol–water partition coefficient (Wildman–Crippen LogP) is 1.59. The van der Waals surface area contributed by atoms with Crippen molar-refractivity contribution >= 4 is 27.2 Å². The summed E-state index contributed by atoms with van der Waals surface area (Å²) < 4.78 is 22.6. The van der Waals surface area contributed by atoms with Crippen LogP contribution in [0.5, 0.6) is 0 Å². The fourth-order valence-corrected chi connectivity index (χ4v) is 3.01. The molecule has 0 bridgehead atoms. The number of carbonyl (C=O) groups is 1. The maximum absolute atomic E-state index is 11.3. The summed E-state index contributed by atoms with van der Waals surface area (Å²) in [6, 6.07) is 6.63. The molecule has 0 aromatic heterocycles. The van der Waals surface area contributed by atoms with Gasteiger partial charge in [-0.1, -0.05) is 18.2 Å². The van der Waals surface area contributed by atoms with Gasteiger partial charge in [0, 0.05) is 5.69 Å². The summed E-state index contributed by atoms with van der Waals surface area (Å²) in [6.07, 6.45) is 0.565. The Kier molecular flexibility index (Phi) is 2.89. The summed E-state index contributed by atoms with van der Waals surface area (Å²) in [5, 5.41) is 10.7. The molecule has 1 aromatic carbocycles. The van der Waals surface area contributed by atoms with Crippen LogP contribution < -0.4 is 5.32 Å². The van der Waals surface area contributed by atoms with Gasteiger partial charge in [-0.2, -0.15) is 0 Å². The van der Waals surface area contributed by atoms with E-state index in [1.54, 1.807) is 30.3 Å². The van der Waals surface area contributed by atoms with Crippen LogP contribution in [0.2, 0.25) is 0 Å². The minimum absolute atomic E-state index is 0.0543. The first-order valence-electron chi connectivity index (χ1n) is 4.96. The van der Waals surface area contributed by atoms with Crippen LogP contribution in [0.1, 0.15) is 5.56 Å². The van der Waals surface area contributed by atoms with E-state index in [0.717, 1.165) is 11.1 Å². The van der Waals surface area contributed by atoms with E-state index in [2.05, 4.69) is 5.32 Å². The molecule has 2 rings (SSSR count). The van der Waals surface area contributed by atoms with Crippen molar-refractivity contribution in [3.63, 3.8) is 0 Å². The smallest absolute Gasteiger partial charge is 0.409 e. The van der Waals surface area contributed by atoms with Crippen molar-refractivity contribution in [3.05, 3.63) is 35.9 Å². The zero-order valence-electron chi connectivity index (χ0n) is 8.88. The quantitative estimate of drug-likeness (QED) is 0.838. The van der Waals surface area contributed by atoms with E-state index in [-0.39, 0.29) is 11.5 Å². The average Bonchev–Trinajstić information content (AvgIpc) is 2.59. The third-order valence-corrected chi connectivity index (χ3v) is 3.89. The molecule has 0 aliphatic carbocycles. The van der Waals surface area contributed by atoms with Crippen LogP contribution in [0.4, 0.5) is 10.5 Å². The Hall–Kier alpha value is -1.82. The molecule has 0 radical (unpaired) electrons. The van der Waals surface area contributed by atoms with Crippen LogP contribution in [0, 0.1) is 0 Å². The highest BCUT2D eigenvalue weighted by atomic mass is 32.2. The van der Waals surface area contributed by atoms with Gasteiger partial charge in [0.1, 0.15) is 0 Å². The minimum Gasteiger partial charge on any atom is -0.465 e. The molecular weight excluding hydrogens is 242 g/mol. The summed E-state index contributed by atoms with van der Waals surface area (Å²) in [4.78, 5) is 10.4. The third-order valence-electron chi connectivity index (χ3n) is 2.47. The molecule has 17 heavy (non-hydrogen) atoms. The molecule has 0 atom stereocenters. The van der Waals surface area contributed by atoms with Crippen LogP contribution in [0.25, 0.3) is 5.57 Å². The summed E-state index contributed by atoms with van der Waals surface area (Å²) in [7, 11) is -2.98. The van der Waals surface area contributed by atoms with Crippen LogP contribution in [0.3, 0.4) is 0 Å². The lowest BCUT2D eigenvalue weighted by Crippen LogP contribution is -2.07. The number of amides is 1. The molecule has 5 nitrogen and oxygen atoms in total. The summed E-state index contributed by atoms with van der Waals surface area (Å²) in [5.74, 6) is 0.135. The predicted molar refractivity (Wildman–Crippen MR) is 64.7 cm³/mol. The number of sulfone groups is 1. The molecule has 6 heteroatoms. The molecule has 0 saturated heterocycles. The Bertz CT molecular complexity index is 572. The van der Waals surface area contributed by atoms with Gasteiger partial charge in [0.25, 0.3) is 0 Å². The highest BCUT2D eigenvalue weighted by molar-refractivity contribution is 7.92. The lowest BCUT2D eigenvalue weighted by atomic mass is 10.1. The molecule has 1 aliphatic rings. The van der Waals surface area contributed by atoms with Crippen molar-refractivity contribution < 1.29 is 18.3 Å². The Morgan fingerprint density at radius 3 is 2.35 bits per heavy atom. The summed E-state index contributed by atoms with van der Waals surface area (Å²) in [5.41, 5.74) is 2.04. The van der Waals surface area contributed by atoms with Crippen molar-refractivity contribution in [3.8, 4) is 0 Å². The molecule has 1 heterocycles. The van der Waals surface area contributed by atoms with Crippen LogP contribution in [-0.4, -0.2) is 31.1 Å². The van der Waals surface area contributed by atoms with Gasteiger partial charge in [-0.05, 0) is 23.3 Å². The number of carboxylic acid groups (broad SMARTS) is 1. The van der Waals surface area contributed by atoms with E-state index in [4.69, 9.17) is 5.11 Å². The molecule has 1 amide bonds. The maximum Gasteiger partial charge on any atom is 0.409 e. The number of nitrogens with one attached hydrogen (secondary N) is 1. The fourth-order valence-electron chi connectivity index (χ4n) is 1.67. The molecule has 90 valence electrons. The van der Waals surface area contributed by atoms with Crippen LogP contribution in [0.15, 0.2) is 30.3 Å². The first kappa shape index (κ1) is 11.7. The van der Waals surface area contributed by atoms with Gasteiger partial charge in [-0.15, -0.1) is 0 Å². The molecule has 0 spiro atoms. The van der Waals surface area contributed by atoms with E-state index in [1.807, 2.05) is 0 Å². The molecule has 0 fully saturated rings. The number of hydrogen-bond donors (Lipinski definition) is 2. The van der Waals surface area contributed by atoms with Gasteiger partial charge in [-0.25, -0.2) is 13.2 Å². The molecular formula is C11H11NO4S. The lowest BCUT2D eigenvalue weighted by molar-refractivity contribution is 0.209.